The van der Waals surface area contributed by atoms with Gasteiger partial charge in [0.2, 0.25) is 0 Å². The molecule has 1 heterocycles. The van der Waals surface area contributed by atoms with Crippen LogP contribution in [0.25, 0.3) is 0 Å². The summed E-state index contributed by atoms with van der Waals surface area (Å²) in [5.41, 5.74) is 2.46. The first kappa shape index (κ1) is 23.1. The van der Waals surface area contributed by atoms with Gasteiger partial charge in [-0.05, 0) is 48.9 Å². The van der Waals surface area contributed by atoms with Crippen LogP contribution in [-0.4, -0.2) is 57.1 Å². The lowest BCUT2D eigenvalue weighted by Crippen LogP contribution is -2.46. The molecule has 2 aliphatic rings. The third-order valence-corrected chi connectivity index (χ3v) is 6.81. The topological polar surface area (TPSA) is 40.2 Å². The highest BCUT2D eigenvalue weighted by Crippen LogP contribution is 2.30. The van der Waals surface area contributed by atoms with Crippen molar-refractivity contribution in [3.05, 3.63) is 59.7 Å². The lowest BCUT2D eigenvalue weighted by molar-refractivity contribution is -0.0352. The molecule has 3 atom stereocenters. The van der Waals surface area contributed by atoms with Crippen molar-refractivity contribution in [1.82, 2.24) is 4.90 Å². The smallest absolute Gasteiger partial charge is 0.160 e. The van der Waals surface area contributed by atoms with Crippen LogP contribution < -0.4 is 9.47 Å². The second-order valence-electron chi connectivity index (χ2n) is 8.90. The Balaban J connectivity index is 1.26. The van der Waals surface area contributed by atoms with Crippen LogP contribution in [-0.2, 0) is 22.5 Å². The van der Waals surface area contributed by atoms with E-state index in [4.69, 9.17) is 18.9 Å². The van der Waals surface area contributed by atoms with Gasteiger partial charge in [0, 0.05) is 19.1 Å². The quantitative estimate of drug-likeness (QED) is 0.528. The lowest BCUT2D eigenvalue weighted by Gasteiger charge is -2.37. The summed E-state index contributed by atoms with van der Waals surface area (Å²) in [5.74, 6) is 1.54. The van der Waals surface area contributed by atoms with Crippen LogP contribution in [0, 0.1) is 0 Å². The number of benzene rings is 2. The molecule has 0 amide bonds. The predicted molar refractivity (Wildman–Crippen MR) is 126 cm³/mol. The molecule has 1 aliphatic carbocycles. The molecule has 0 radical (unpaired) electrons. The first-order valence-corrected chi connectivity index (χ1v) is 12.0. The van der Waals surface area contributed by atoms with Crippen molar-refractivity contribution < 1.29 is 18.9 Å². The van der Waals surface area contributed by atoms with E-state index in [0.29, 0.717) is 24.9 Å². The largest absolute Gasteiger partial charge is 0.493 e. The minimum Gasteiger partial charge on any atom is -0.493 e. The summed E-state index contributed by atoms with van der Waals surface area (Å²) in [6, 6.07) is 17.1. The molecular weight excluding hydrogens is 402 g/mol. The number of ether oxygens (including phenoxy) is 4. The summed E-state index contributed by atoms with van der Waals surface area (Å²) >= 11 is 0. The molecule has 1 aliphatic heterocycles. The summed E-state index contributed by atoms with van der Waals surface area (Å²) in [7, 11) is 3.34. The number of rotatable bonds is 10. The van der Waals surface area contributed by atoms with Crippen LogP contribution in [0.3, 0.4) is 0 Å². The maximum atomic E-state index is 6.45. The summed E-state index contributed by atoms with van der Waals surface area (Å²) in [4.78, 5) is 2.62. The monoisotopic (exact) mass is 439 g/mol. The van der Waals surface area contributed by atoms with Gasteiger partial charge in [0.05, 0.1) is 39.6 Å². The second kappa shape index (κ2) is 11.7. The van der Waals surface area contributed by atoms with E-state index in [2.05, 4.69) is 47.4 Å². The van der Waals surface area contributed by atoms with Gasteiger partial charge in [0.25, 0.3) is 0 Å². The first-order valence-electron chi connectivity index (χ1n) is 12.0. The minimum atomic E-state index is 0.316. The number of likely N-dealkylation sites (tertiary alicyclic amines) is 1. The van der Waals surface area contributed by atoms with Crippen LogP contribution >= 0.6 is 0 Å². The number of hydrogen-bond donors (Lipinski definition) is 0. The fourth-order valence-electron chi connectivity index (χ4n) is 5.03. The Kier molecular flexibility index (Phi) is 8.43. The maximum absolute atomic E-state index is 6.45. The molecule has 2 aromatic carbocycles. The van der Waals surface area contributed by atoms with Gasteiger partial charge in [0.15, 0.2) is 11.5 Å². The Hall–Kier alpha value is -2.08. The third-order valence-electron chi connectivity index (χ3n) is 6.81. The molecule has 0 aromatic heterocycles. The Labute approximate surface area is 192 Å². The average molecular weight is 440 g/mol. The molecule has 0 bridgehead atoms. The van der Waals surface area contributed by atoms with Crippen molar-refractivity contribution in [2.24, 2.45) is 0 Å². The molecule has 5 heteroatoms. The molecule has 0 spiro atoms. The highest BCUT2D eigenvalue weighted by Gasteiger charge is 2.35. The van der Waals surface area contributed by atoms with Gasteiger partial charge < -0.3 is 18.9 Å². The summed E-state index contributed by atoms with van der Waals surface area (Å²) in [5, 5.41) is 0. The van der Waals surface area contributed by atoms with Gasteiger partial charge in [-0.3, -0.25) is 4.90 Å². The molecule has 2 aromatic rings. The number of methoxy groups -OCH3 is 2. The van der Waals surface area contributed by atoms with E-state index in [0.717, 1.165) is 50.5 Å². The van der Waals surface area contributed by atoms with E-state index in [1.807, 2.05) is 6.07 Å². The first-order chi connectivity index (χ1) is 15.8. The zero-order valence-corrected chi connectivity index (χ0v) is 19.5. The summed E-state index contributed by atoms with van der Waals surface area (Å²) in [6.07, 6.45) is 7.58. The van der Waals surface area contributed by atoms with Gasteiger partial charge >= 0.3 is 0 Å². The molecule has 4 rings (SSSR count). The van der Waals surface area contributed by atoms with E-state index in [-0.39, 0.29) is 0 Å². The maximum Gasteiger partial charge on any atom is 0.160 e. The predicted octanol–water partition coefficient (Wildman–Crippen LogP) is 4.87. The Morgan fingerprint density at radius 1 is 0.844 bits per heavy atom. The lowest BCUT2D eigenvalue weighted by atomic mass is 9.91. The van der Waals surface area contributed by atoms with E-state index in [1.54, 1.807) is 14.2 Å². The summed E-state index contributed by atoms with van der Waals surface area (Å²) in [6.45, 7) is 3.57. The van der Waals surface area contributed by atoms with Crippen LogP contribution in [0.15, 0.2) is 48.5 Å². The number of nitrogens with zero attached hydrogens (tertiary/aromatic N) is 1. The molecule has 1 saturated carbocycles. The van der Waals surface area contributed by atoms with E-state index >= 15 is 0 Å². The van der Waals surface area contributed by atoms with Crippen molar-refractivity contribution in [1.29, 1.82) is 0 Å². The van der Waals surface area contributed by atoms with E-state index in [9.17, 15) is 0 Å². The van der Waals surface area contributed by atoms with Crippen molar-refractivity contribution in [3.63, 3.8) is 0 Å². The van der Waals surface area contributed by atoms with Crippen LogP contribution in [0.1, 0.15) is 43.2 Å². The highest BCUT2D eigenvalue weighted by molar-refractivity contribution is 5.42. The van der Waals surface area contributed by atoms with Crippen molar-refractivity contribution >= 4 is 0 Å². The average Bonchev–Trinajstić information content (AvgIpc) is 3.32. The molecule has 1 unspecified atom stereocenters. The normalized spacial score (nSPS) is 23.9. The van der Waals surface area contributed by atoms with Crippen molar-refractivity contribution in [3.8, 4) is 11.5 Å². The standard InChI is InChI=1S/C27H37NO4/c1-29-26-13-12-21(18-27(26)30-2)15-17-31-25-11-7-6-10-24(25)28-16-14-23(19-28)32-20-22-8-4-3-5-9-22/h3-5,8-9,12-13,18,23-25H,6-7,10-11,14-17,19-20H2,1-2H3/t23-,24?,25-/m0/s1. The Bertz CT molecular complexity index is 828. The van der Waals surface area contributed by atoms with Gasteiger partial charge in [0.1, 0.15) is 0 Å². The highest BCUT2D eigenvalue weighted by atomic mass is 16.5. The van der Waals surface area contributed by atoms with Crippen LogP contribution in [0.4, 0.5) is 0 Å². The zero-order valence-electron chi connectivity index (χ0n) is 19.5. The van der Waals surface area contributed by atoms with E-state index < -0.39 is 0 Å². The molecule has 2 fully saturated rings. The summed E-state index contributed by atoms with van der Waals surface area (Å²) < 4.78 is 23.4. The van der Waals surface area contributed by atoms with Crippen LogP contribution in [0.2, 0.25) is 0 Å². The second-order valence-corrected chi connectivity index (χ2v) is 8.90. The van der Waals surface area contributed by atoms with Crippen molar-refractivity contribution in [2.45, 2.75) is 63.4 Å². The van der Waals surface area contributed by atoms with Gasteiger partial charge in [-0.1, -0.05) is 49.2 Å². The minimum absolute atomic E-state index is 0.316. The molecule has 1 saturated heterocycles. The fourth-order valence-corrected chi connectivity index (χ4v) is 5.03. The molecule has 32 heavy (non-hydrogen) atoms. The molecule has 174 valence electrons. The van der Waals surface area contributed by atoms with Gasteiger partial charge in [-0.2, -0.15) is 0 Å². The SMILES string of the molecule is COc1ccc(CCO[C@H]2CCCCC2N2CC[C@H](OCc3ccccc3)C2)cc1OC. The van der Waals surface area contributed by atoms with Crippen LogP contribution in [0.5, 0.6) is 11.5 Å². The zero-order chi connectivity index (χ0) is 22.2. The molecule has 5 nitrogen and oxygen atoms in total. The Morgan fingerprint density at radius 2 is 1.66 bits per heavy atom. The van der Waals surface area contributed by atoms with Crippen molar-refractivity contribution in [2.75, 3.05) is 33.9 Å². The van der Waals surface area contributed by atoms with Gasteiger partial charge in [-0.15, -0.1) is 0 Å². The molecular formula is C27H37NO4. The van der Waals surface area contributed by atoms with Gasteiger partial charge in [-0.25, -0.2) is 0 Å². The molecule has 0 N–H and O–H groups in total. The van der Waals surface area contributed by atoms with E-state index in [1.165, 1.54) is 30.4 Å². The third kappa shape index (κ3) is 6.03. The fraction of sp³-hybridized carbons (Fsp3) is 0.556. The Morgan fingerprint density at radius 3 is 2.47 bits per heavy atom. The number of hydrogen-bond acceptors (Lipinski definition) is 5.